The standard InChI is InChI=1S/C25H24ClN3O2S/c1-3-24(30)28-8-10-29(11-9-28)25(32)21-14-22(26)20(15-23(21)27)19-13-17(31-2)12-16-6-4-5-7-18(16)19/h3-7,12-15,27,32H,1,8-11H2,2H3/b25-21-,27-23?. The average molecular weight is 466 g/mol. The minimum absolute atomic E-state index is 0.0653. The molecule has 1 heterocycles. The molecule has 1 fully saturated rings. The molecule has 1 amide bonds. The van der Waals surface area contributed by atoms with Gasteiger partial charge in [-0.25, -0.2) is 0 Å². The van der Waals surface area contributed by atoms with Gasteiger partial charge in [-0.05, 0) is 46.7 Å². The lowest BCUT2D eigenvalue weighted by atomic mass is 9.91. The van der Waals surface area contributed by atoms with Crippen molar-refractivity contribution in [1.82, 2.24) is 9.80 Å². The van der Waals surface area contributed by atoms with E-state index in [4.69, 9.17) is 34.4 Å². The number of carbonyl (C=O) groups is 1. The molecule has 1 N–H and O–H groups in total. The van der Waals surface area contributed by atoms with Crippen molar-refractivity contribution in [2.45, 2.75) is 0 Å². The number of ether oxygens (including phenoxy) is 1. The quantitative estimate of drug-likeness (QED) is 0.501. The molecule has 0 spiro atoms. The molecule has 0 atom stereocenters. The number of benzene rings is 2. The second-order valence-electron chi connectivity index (χ2n) is 7.61. The fourth-order valence-corrected chi connectivity index (χ4v) is 4.68. The van der Waals surface area contributed by atoms with Crippen LogP contribution in [0.15, 0.2) is 76.8 Å². The van der Waals surface area contributed by atoms with E-state index >= 15 is 0 Å². The number of thiol groups is 1. The summed E-state index contributed by atoms with van der Waals surface area (Å²) in [6.45, 7) is 6.00. The molecule has 0 saturated carbocycles. The molecule has 1 aliphatic heterocycles. The molecule has 0 unspecified atom stereocenters. The number of piperazine rings is 1. The molecule has 5 nitrogen and oxygen atoms in total. The van der Waals surface area contributed by atoms with Crippen LogP contribution >= 0.6 is 24.2 Å². The first-order chi connectivity index (χ1) is 15.4. The SMILES string of the molecule is C=CC(=O)N1CCN(/C(S)=C2\C=C(Cl)C(c3cc(OC)cc4ccccc34)=CC2=N)CC1. The Morgan fingerprint density at radius 2 is 1.84 bits per heavy atom. The third-order valence-electron chi connectivity index (χ3n) is 5.77. The van der Waals surface area contributed by atoms with Crippen LogP contribution in [0.4, 0.5) is 0 Å². The summed E-state index contributed by atoms with van der Waals surface area (Å²) in [6.07, 6.45) is 4.92. The molecule has 7 heteroatoms. The molecule has 0 radical (unpaired) electrons. The van der Waals surface area contributed by atoms with E-state index in [0.717, 1.165) is 27.7 Å². The van der Waals surface area contributed by atoms with Gasteiger partial charge in [0.1, 0.15) is 5.75 Å². The number of fused-ring (bicyclic) bond motifs is 1. The fourth-order valence-electron chi connectivity index (χ4n) is 4.03. The Balaban J connectivity index is 1.66. The van der Waals surface area contributed by atoms with E-state index in [-0.39, 0.29) is 5.91 Å². The molecule has 0 aromatic heterocycles. The van der Waals surface area contributed by atoms with Crippen LogP contribution < -0.4 is 4.74 Å². The summed E-state index contributed by atoms with van der Waals surface area (Å²) >= 11 is 11.5. The van der Waals surface area contributed by atoms with Crippen LogP contribution in [0, 0.1) is 5.41 Å². The lowest BCUT2D eigenvalue weighted by Gasteiger charge is -2.36. The number of halogens is 1. The summed E-state index contributed by atoms with van der Waals surface area (Å²) < 4.78 is 5.48. The number of nitrogens with zero attached hydrogens (tertiary/aromatic N) is 2. The molecular formula is C25H24ClN3O2S. The number of nitrogens with one attached hydrogen (secondary N) is 1. The van der Waals surface area contributed by atoms with Crippen LogP contribution in [-0.4, -0.2) is 54.7 Å². The zero-order valence-electron chi connectivity index (χ0n) is 17.8. The summed E-state index contributed by atoms with van der Waals surface area (Å²) in [6, 6.07) is 12.0. The van der Waals surface area contributed by atoms with Crippen LogP contribution in [0.1, 0.15) is 5.56 Å². The Bertz CT molecular complexity index is 1210. The minimum atomic E-state index is -0.0653. The second kappa shape index (κ2) is 9.27. The predicted octanol–water partition coefficient (Wildman–Crippen LogP) is 4.86. The van der Waals surface area contributed by atoms with E-state index in [1.807, 2.05) is 36.4 Å². The average Bonchev–Trinajstić information content (AvgIpc) is 2.83. The molecule has 2 aliphatic rings. The van der Waals surface area contributed by atoms with Gasteiger partial charge in [-0.2, -0.15) is 0 Å². The number of hydrogen-bond donors (Lipinski definition) is 2. The number of rotatable bonds is 4. The van der Waals surface area contributed by atoms with Crippen LogP contribution in [-0.2, 0) is 4.79 Å². The Morgan fingerprint density at radius 1 is 1.16 bits per heavy atom. The van der Waals surface area contributed by atoms with Crippen molar-refractivity contribution in [3.63, 3.8) is 0 Å². The minimum Gasteiger partial charge on any atom is -0.497 e. The third kappa shape index (κ3) is 4.20. The zero-order valence-corrected chi connectivity index (χ0v) is 19.4. The van der Waals surface area contributed by atoms with Gasteiger partial charge in [-0.15, -0.1) is 12.6 Å². The molecule has 1 aliphatic carbocycles. The van der Waals surface area contributed by atoms with Gasteiger partial charge in [0.05, 0.1) is 17.9 Å². The van der Waals surface area contributed by atoms with Gasteiger partial charge in [0.2, 0.25) is 5.91 Å². The first-order valence-corrected chi connectivity index (χ1v) is 11.1. The van der Waals surface area contributed by atoms with Gasteiger partial charge in [-0.1, -0.05) is 42.4 Å². The molecule has 32 heavy (non-hydrogen) atoms. The number of carbonyl (C=O) groups excluding carboxylic acids is 1. The maximum atomic E-state index is 11.8. The smallest absolute Gasteiger partial charge is 0.246 e. The largest absolute Gasteiger partial charge is 0.497 e. The Labute approximate surface area is 198 Å². The van der Waals surface area contributed by atoms with Crippen molar-refractivity contribution in [2.24, 2.45) is 0 Å². The van der Waals surface area contributed by atoms with Crippen molar-refractivity contribution < 1.29 is 9.53 Å². The van der Waals surface area contributed by atoms with E-state index in [9.17, 15) is 4.79 Å². The number of amides is 1. The maximum Gasteiger partial charge on any atom is 0.246 e. The van der Waals surface area contributed by atoms with Crippen molar-refractivity contribution in [1.29, 1.82) is 5.41 Å². The predicted molar refractivity (Wildman–Crippen MR) is 135 cm³/mol. The zero-order chi connectivity index (χ0) is 22.8. The lowest BCUT2D eigenvalue weighted by molar-refractivity contribution is -0.127. The summed E-state index contributed by atoms with van der Waals surface area (Å²) in [5, 5.41) is 12.0. The van der Waals surface area contributed by atoms with Crippen LogP contribution in [0.2, 0.25) is 0 Å². The Morgan fingerprint density at radius 3 is 2.53 bits per heavy atom. The summed E-state index contributed by atoms with van der Waals surface area (Å²) in [5.41, 5.74) is 2.70. The third-order valence-corrected chi connectivity index (χ3v) is 6.61. The van der Waals surface area contributed by atoms with E-state index in [0.29, 0.717) is 47.5 Å². The lowest BCUT2D eigenvalue weighted by Crippen LogP contribution is -2.47. The van der Waals surface area contributed by atoms with Crippen LogP contribution in [0.25, 0.3) is 16.3 Å². The van der Waals surface area contributed by atoms with Crippen molar-refractivity contribution in [3.8, 4) is 5.75 Å². The number of allylic oxidation sites excluding steroid dienone is 5. The van der Waals surface area contributed by atoms with Crippen LogP contribution in [0.5, 0.6) is 5.75 Å². The van der Waals surface area contributed by atoms with Crippen molar-refractivity contribution in [3.05, 3.63) is 82.4 Å². The molecule has 2 aromatic rings. The summed E-state index contributed by atoms with van der Waals surface area (Å²) in [4.78, 5) is 15.7. The Kier molecular flexibility index (Phi) is 6.44. The number of methoxy groups -OCH3 is 1. The normalized spacial score (nSPS) is 18.3. The highest BCUT2D eigenvalue weighted by atomic mass is 35.5. The van der Waals surface area contributed by atoms with Crippen molar-refractivity contribution >= 4 is 52.2 Å². The van der Waals surface area contributed by atoms with E-state index in [1.54, 1.807) is 24.2 Å². The molecule has 1 saturated heterocycles. The molecule has 164 valence electrons. The molecule has 4 rings (SSSR count). The van der Waals surface area contributed by atoms with Crippen molar-refractivity contribution in [2.75, 3.05) is 33.3 Å². The topological polar surface area (TPSA) is 56.6 Å². The number of hydrogen-bond acceptors (Lipinski definition) is 5. The highest BCUT2D eigenvalue weighted by Gasteiger charge is 2.24. The summed E-state index contributed by atoms with van der Waals surface area (Å²) in [7, 11) is 1.64. The first-order valence-electron chi connectivity index (χ1n) is 10.3. The first kappa shape index (κ1) is 22.2. The maximum absolute atomic E-state index is 11.8. The van der Waals surface area contributed by atoms with E-state index < -0.39 is 0 Å². The second-order valence-corrected chi connectivity index (χ2v) is 8.44. The van der Waals surface area contributed by atoms with Gasteiger partial charge in [-0.3, -0.25) is 4.79 Å². The van der Waals surface area contributed by atoms with Gasteiger partial charge in [0.15, 0.2) is 0 Å². The summed E-state index contributed by atoms with van der Waals surface area (Å²) in [5.74, 6) is 0.670. The van der Waals surface area contributed by atoms with Crippen LogP contribution in [0.3, 0.4) is 0 Å². The van der Waals surface area contributed by atoms with Gasteiger partial charge in [0.25, 0.3) is 0 Å². The van der Waals surface area contributed by atoms with Gasteiger partial charge < -0.3 is 19.9 Å². The van der Waals surface area contributed by atoms with E-state index in [1.165, 1.54) is 6.08 Å². The molecule has 0 bridgehead atoms. The Hall–Kier alpha value is -2.96. The highest BCUT2D eigenvalue weighted by Crippen LogP contribution is 2.38. The molecule has 2 aromatic carbocycles. The van der Waals surface area contributed by atoms with Gasteiger partial charge in [0, 0.05) is 42.4 Å². The van der Waals surface area contributed by atoms with E-state index in [2.05, 4.69) is 11.5 Å². The highest BCUT2D eigenvalue weighted by molar-refractivity contribution is 7.84. The fraction of sp³-hybridized carbons (Fsp3) is 0.200. The molecular weight excluding hydrogens is 442 g/mol. The van der Waals surface area contributed by atoms with Gasteiger partial charge >= 0.3 is 0 Å². The monoisotopic (exact) mass is 465 g/mol.